The van der Waals surface area contributed by atoms with E-state index < -0.39 is 11.4 Å². The number of hydrogen-bond donors (Lipinski definition) is 2. The first-order chi connectivity index (χ1) is 12.2. The van der Waals surface area contributed by atoms with E-state index in [1.165, 1.54) is 0 Å². The maximum absolute atomic E-state index is 12.7. The topological polar surface area (TPSA) is 74.6 Å². The smallest absolute Gasteiger partial charge is 0.303 e. The largest absolute Gasteiger partial charge is 0.481 e. The lowest BCUT2D eigenvalue weighted by Crippen LogP contribution is -2.53. The molecule has 0 spiro atoms. The van der Waals surface area contributed by atoms with Gasteiger partial charge in [-0.05, 0) is 74.5 Å². The van der Waals surface area contributed by atoms with Gasteiger partial charge in [0.25, 0.3) is 0 Å². The molecule has 3 aliphatic rings. The first-order valence-electron chi connectivity index (χ1n) is 10.6. The number of aliphatic hydroxyl groups excluding tert-OH is 1. The van der Waals surface area contributed by atoms with Gasteiger partial charge in [0.2, 0.25) is 0 Å². The summed E-state index contributed by atoms with van der Waals surface area (Å²) in [5, 5.41) is 19.3. The second kappa shape index (κ2) is 8.00. The third-order valence-corrected chi connectivity index (χ3v) is 8.11. The molecule has 7 unspecified atom stereocenters. The summed E-state index contributed by atoms with van der Waals surface area (Å²) in [4.78, 5) is 23.8. The van der Waals surface area contributed by atoms with Gasteiger partial charge >= 0.3 is 5.97 Å². The number of hydrogen-bond acceptors (Lipinski definition) is 3. The molecule has 4 heteroatoms. The van der Waals surface area contributed by atoms with Crippen LogP contribution in [0.4, 0.5) is 0 Å². The third-order valence-electron chi connectivity index (χ3n) is 8.11. The highest BCUT2D eigenvalue weighted by Gasteiger charge is 2.59. The summed E-state index contributed by atoms with van der Waals surface area (Å²) in [7, 11) is 0. The van der Waals surface area contributed by atoms with Gasteiger partial charge in [0.15, 0.2) is 0 Å². The molecule has 3 rings (SSSR count). The summed E-state index contributed by atoms with van der Waals surface area (Å²) in [6, 6.07) is 0. The number of aliphatic carboxylic acids is 1. The molecule has 0 heterocycles. The Balaban J connectivity index is 0.00000117. The van der Waals surface area contributed by atoms with E-state index in [1.807, 2.05) is 27.7 Å². The lowest BCUT2D eigenvalue weighted by Gasteiger charge is -2.56. The molecule has 7 atom stereocenters. The van der Waals surface area contributed by atoms with Gasteiger partial charge in [-0.15, -0.1) is 0 Å². The fraction of sp³-hybridized carbons (Fsp3) is 0.909. The predicted molar refractivity (Wildman–Crippen MR) is 103 cm³/mol. The molecule has 0 aromatic heterocycles. The third kappa shape index (κ3) is 3.46. The molecule has 3 saturated carbocycles. The second-order valence-electron chi connectivity index (χ2n) is 9.12. The predicted octanol–water partition coefficient (Wildman–Crippen LogP) is 4.69. The minimum absolute atomic E-state index is 0.0870. The Hall–Kier alpha value is -0.900. The highest BCUT2D eigenvalue weighted by Crippen LogP contribution is 2.65. The van der Waals surface area contributed by atoms with Crippen LogP contribution >= 0.6 is 0 Å². The first kappa shape index (κ1) is 21.4. The Bertz CT molecular complexity index is 528. The van der Waals surface area contributed by atoms with E-state index in [-0.39, 0.29) is 23.7 Å². The van der Waals surface area contributed by atoms with E-state index in [1.54, 1.807) is 0 Å². The SMILES string of the molecule is CC.CC(O)C1CCC2C3CCC(=O)C(C)(CCC(=O)O)C3CCC12C. The van der Waals surface area contributed by atoms with Crippen molar-refractivity contribution in [2.45, 2.75) is 92.1 Å². The lowest BCUT2D eigenvalue weighted by atomic mass is 9.48. The molecule has 0 saturated heterocycles. The van der Waals surface area contributed by atoms with Crippen LogP contribution in [0.3, 0.4) is 0 Å². The molecule has 2 N–H and O–H groups in total. The van der Waals surface area contributed by atoms with Crippen LogP contribution in [0, 0.1) is 34.5 Å². The maximum atomic E-state index is 12.7. The number of fused-ring (bicyclic) bond motifs is 3. The zero-order chi connectivity index (χ0) is 19.7. The minimum atomic E-state index is -0.804. The van der Waals surface area contributed by atoms with E-state index in [9.17, 15) is 14.7 Å². The minimum Gasteiger partial charge on any atom is -0.481 e. The Morgan fingerprint density at radius 2 is 1.81 bits per heavy atom. The van der Waals surface area contributed by atoms with E-state index >= 15 is 0 Å². The molecule has 3 fully saturated rings. The zero-order valence-corrected chi connectivity index (χ0v) is 17.3. The van der Waals surface area contributed by atoms with Crippen LogP contribution in [-0.2, 0) is 9.59 Å². The summed E-state index contributed by atoms with van der Waals surface area (Å²) in [6.07, 6.45) is 6.16. The fourth-order valence-electron chi connectivity index (χ4n) is 6.80. The van der Waals surface area contributed by atoms with Crippen molar-refractivity contribution in [3.63, 3.8) is 0 Å². The van der Waals surface area contributed by atoms with Crippen molar-refractivity contribution in [3.8, 4) is 0 Å². The Morgan fingerprint density at radius 3 is 2.38 bits per heavy atom. The first-order valence-corrected chi connectivity index (χ1v) is 10.6. The average molecular weight is 367 g/mol. The number of rotatable bonds is 4. The zero-order valence-electron chi connectivity index (χ0n) is 17.3. The van der Waals surface area contributed by atoms with Crippen LogP contribution in [0.5, 0.6) is 0 Å². The summed E-state index contributed by atoms with van der Waals surface area (Å²) < 4.78 is 0. The number of carboxylic acid groups (broad SMARTS) is 1. The second-order valence-corrected chi connectivity index (χ2v) is 9.12. The van der Waals surface area contributed by atoms with Crippen molar-refractivity contribution < 1.29 is 19.8 Å². The average Bonchev–Trinajstić information content (AvgIpc) is 2.96. The highest BCUT2D eigenvalue weighted by molar-refractivity contribution is 5.86. The van der Waals surface area contributed by atoms with Crippen LogP contribution in [0.25, 0.3) is 0 Å². The van der Waals surface area contributed by atoms with Gasteiger partial charge in [-0.3, -0.25) is 9.59 Å². The van der Waals surface area contributed by atoms with Crippen molar-refractivity contribution >= 4 is 11.8 Å². The van der Waals surface area contributed by atoms with Gasteiger partial charge in [-0.2, -0.15) is 0 Å². The van der Waals surface area contributed by atoms with Crippen molar-refractivity contribution in [2.75, 3.05) is 0 Å². The highest BCUT2D eigenvalue weighted by atomic mass is 16.4. The normalized spacial score (nSPS) is 42.9. The molecule has 0 amide bonds. The van der Waals surface area contributed by atoms with Crippen LogP contribution in [0.2, 0.25) is 0 Å². The quantitative estimate of drug-likeness (QED) is 0.757. The molecule has 3 aliphatic carbocycles. The molecule has 4 nitrogen and oxygen atoms in total. The maximum Gasteiger partial charge on any atom is 0.303 e. The van der Waals surface area contributed by atoms with Crippen LogP contribution in [0.15, 0.2) is 0 Å². The molecule has 0 radical (unpaired) electrons. The molecule has 26 heavy (non-hydrogen) atoms. The lowest BCUT2D eigenvalue weighted by molar-refractivity contribution is -0.149. The van der Waals surface area contributed by atoms with E-state index in [0.29, 0.717) is 36.5 Å². The van der Waals surface area contributed by atoms with Gasteiger partial charge < -0.3 is 10.2 Å². The van der Waals surface area contributed by atoms with E-state index in [2.05, 4.69) is 6.92 Å². The Morgan fingerprint density at radius 1 is 1.15 bits per heavy atom. The molecule has 0 bridgehead atoms. The van der Waals surface area contributed by atoms with Crippen molar-refractivity contribution in [1.82, 2.24) is 0 Å². The van der Waals surface area contributed by atoms with Crippen molar-refractivity contribution in [1.29, 1.82) is 0 Å². The molecule has 0 aromatic carbocycles. The monoisotopic (exact) mass is 366 g/mol. The number of ketones is 1. The van der Waals surface area contributed by atoms with Gasteiger partial charge in [0.1, 0.15) is 5.78 Å². The van der Waals surface area contributed by atoms with Gasteiger partial charge in [-0.1, -0.05) is 27.7 Å². The summed E-state index contributed by atoms with van der Waals surface area (Å²) in [6.45, 7) is 10.3. The van der Waals surface area contributed by atoms with Gasteiger partial charge in [0, 0.05) is 18.3 Å². The Labute approximate surface area is 158 Å². The number of Topliss-reactive ketones (excluding diaryl/α,β-unsaturated/α-hetero) is 1. The standard InChI is InChI=1S/C20H32O4.C2H6/c1-12(21)14-5-6-15-13-4-7-17(22)20(3,11-9-18(23)24)16(13)8-10-19(14,15)2;1-2/h12-16,21H,4-11H2,1-3H3,(H,23,24);1-2H3. The molecular weight excluding hydrogens is 328 g/mol. The molecule has 0 aliphatic heterocycles. The van der Waals surface area contributed by atoms with Crippen molar-refractivity contribution in [2.24, 2.45) is 34.5 Å². The van der Waals surface area contributed by atoms with E-state index in [4.69, 9.17) is 5.11 Å². The fourth-order valence-corrected chi connectivity index (χ4v) is 6.80. The number of carboxylic acids is 1. The number of carbonyl (C=O) groups is 2. The van der Waals surface area contributed by atoms with Crippen LogP contribution in [-0.4, -0.2) is 28.1 Å². The molecule has 150 valence electrons. The molecule has 0 aromatic rings. The van der Waals surface area contributed by atoms with Crippen LogP contribution in [0.1, 0.15) is 86.0 Å². The summed E-state index contributed by atoms with van der Waals surface area (Å²) in [5.41, 5.74) is -0.283. The van der Waals surface area contributed by atoms with Crippen LogP contribution < -0.4 is 0 Å². The number of carbonyl (C=O) groups excluding carboxylic acids is 1. The summed E-state index contributed by atoms with van der Waals surface area (Å²) >= 11 is 0. The van der Waals surface area contributed by atoms with Gasteiger partial charge in [0.05, 0.1) is 6.10 Å². The summed E-state index contributed by atoms with van der Waals surface area (Å²) in [5.74, 6) is 1.26. The van der Waals surface area contributed by atoms with Crippen molar-refractivity contribution in [3.05, 3.63) is 0 Å². The number of aliphatic hydroxyl groups is 1. The molecular formula is C22H38O4. The van der Waals surface area contributed by atoms with Gasteiger partial charge in [-0.25, -0.2) is 0 Å². The Kier molecular flexibility index (Phi) is 6.58. The van der Waals surface area contributed by atoms with E-state index in [0.717, 1.165) is 32.1 Å².